The van der Waals surface area contributed by atoms with Crippen molar-refractivity contribution in [2.45, 2.75) is 32.6 Å². The Labute approximate surface area is 141 Å². The van der Waals surface area contributed by atoms with Gasteiger partial charge in [0.15, 0.2) is 0 Å². The first-order valence-electron chi connectivity index (χ1n) is 8.16. The minimum atomic E-state index is -0.452. The number of anilines is 1. The molecule has 124 valence electrons. The number of methoxy groups -OCH3 is 1. The summed E-state index contributed by atoms with van der Waals surface area (Å²) < 4.78 is 4.79. The Kier molecular flexibility index (Phi) is 4.65. The number of esters is 1. The maximum atomic E-state index is 12.4. The van der Waals surface area contributed by atoms with E-state index in [4.69, 9.17) is 4.74 Å². The van der Waals surface area contributed by atoms with E-state index in [2.05, 4.69) is 17.4 Å². The van der Waals surface area contributed by atoms with Gasteiger partial charge in [0.05, 0.1) is 24.8 Å². The Morgan fingerprint density at radius 1 is 1.08 bits per heavy atom. The molecule has 1 N–H and O–H groups in total. The summed E-state index contributed by atoms with van der Waals surface area (Å²) in [5, 5.41) is 2.83. The molecule has 4 nitrogen and oxygen atoms in total. The normalized spacial score (nSPS) is 12.6. The second kappa shape index (κ2) is 6.87. The monoisotopic (exact) mass is 323 g/mol. The topological polar surface area (TPSA) is 55.4 Å². The van der Waals surface area contributed by atoms with Crippen molar-refractivity contribution in [2.75, 3.05) is 12.4 Å². The van der Waals surface area contributed by atoms with E-state index in [1.165, 1.54) is 24.7 Å². The fourth-order valence-corrected chi connectivity index (χ4v) is 3.16. The first-order valence-corrected chi connectivity index (χ1v) is 8.16. The molecule has 0 radical (unpaired) electrons. The molecular formula is C20H21NO3. The SMILES string of the molecule is COC(=O)c1cc(C)ccc1NC(=O)Cc1ccc2c(c1)CCC2. The van der Waals surface area contributed by atoms with Crippen LogP contribution in [0.2, 0.25) is 0 Å². The Bertz CT molecular complexity index is 795. The molecule has 0 saturated heterocycles. The molecule has 1 aliphatic rings. The molecule has 1 aliphatic carbocycles. The van der Waals surface area contributed by atoms with Crippen molar-refractivity contribution in [3.8, 4) is 0 Å². The molecule has 1 amide bonds. The smallest absolute Gasteiger partial charge is 0.339 e. The van der Waals surface area contributed by atoms with Gasteiger partial charge in [-0.15, -0.1) is 0 Å². The Balaban J connectivity index is 1.74. The van der Waals surface area contributed by atoms with Crippen LogP contribution in [0, 0.1) is 6.92 Å². The van der Waals surface area contributed by atoms with Gasteiger partial charge < -0.3 is 10.1 Å². The van der Waals surface area contributed by atoms with Crippen molar-refractivity contribution in [1.29, 1.82) is 0 Å². The summed E-state index contributed by atoms with van der Waals surface area (Å²) in [6.45, 7) is 1.89. The number of fused-ring (bicyclic) bond motifs is 1. The molecule has 0 unspecified atom stereocenters. The standard InChI is InChI=1S/C20H21NO3/c1-13-6-9-18(17(10-13)20(23)24-2)21-19(22)12-14-7-8-15-4-3-5-16(15)11-14/h6-11H,3-5,12H2,1-2H3,(H,21,22). The van der Waals surface area contributed by atoms with Crippen LogP contribution in [0.15, 0.2) is 36.4 Å². The van der Waals surface area contributed by atoms with Gasteiger partial charge in [0.1, 0.15) is 0 Å². The Morgan fingerprint density at radius 3 is 2.67 bits per heavy atom. The van der Waals surface area contributed by atoms with E-state index in [0.717, 1.165) is 24.0 Å². The molecule has 0 heterocycles. The molecule has 0 aliphatic heterocycles. The Hall–Kier alpha value is -2.62. The molecule has 3 rings (SSSR count). The Morgan fingerprint density at radius 2 is 1.88 bits per heavy atom. The van der Waals surface area contributed by atoms with Crippen molar-refractivity contribution < 1.29 is 14.3 Å². The van der Waals surface area contributed by atoms with E-state index in [0.29, 0.717) is 17.7 Å². The number of aryl methyl sites for hydroxylation is 3. The van der Waals surface area contributed by atoms with Gasteiger partial charge in [0, 0.05) is 0 Å². The highest BCUT2D eigenvalue weighted by Gasteiger charge is 2.16. The fraction of sp³-hybridized carbons (Fsp3) is 0.300. The van der Waals surface area contributed by atoms with Gasteiger partial charge in [-0.05, 0) is 55.0 Å². The van der Waals surface area contributed by atoms with E-state index >= 15 is 0 Å². The zero-order chi connectivity index (χ0) is 17.1. The van der Waals surface area contributed by atoms with Gasteiger partial charge in [0.2, 0.25) is 5.91 Å². The van der Waals surface area contributed by atoms with E-state index in [1.807, 2.05) is 19.1 Å². The quantitative estimate of drug-likeness (QED) is 0.877. The number of hydrogen-bond donors (Lipinski definition) is 1. The van der Waals surface area contributed by atoms with E-state index in [9.17, 15) is 9.59 Å². The number of rotatable bonds is 4. The molecule has 0 fully saturated rings. The first kappa shape index (κ1) is 16.2. The summed E-state index contributed by atoms with van der Waals surface area (Å²) in [6, 6.07) is 11.6. The van der Waals surface area contributed by atoms with Crippen LogP contribution in [0.25, 0.3) is 0 Å². The van der Waals surface area contributed by atoms with E-state index in [1.54, 1.807) is 12.1 Å². The van der Waals surface area contributed by atoms with Crippen LogP contribution >= 0.6 is 0 Å². The highest BCUT2D eigenvalue weighted by Crippen LogP contribution is 2.23. The third-order valence-electron chi connectivity index (χ3n) is 4.38. The van der Waals surface area contributed by atoms with Gasteiger partial charge in [0.25, 0.3) is 0 Å². The van der Waals surface area contributed by atoms with Crippen molar-refractivity contribution in [3.63, 3.8) is 0 Å². The predicted molar refractivity (Wildman–Crippen MR) is 93.3 cm³/mol. The van der Waals surface area contributed by atoms with Crippen LogP contribution in [0.4, 0.5) is 5.69 Å². The number of carbonyl (C=O) groups is 2. The van der Waals surface area contributed by atoms with E-state index in [-0.39, 0.29) is 5.91 Å². The minimum Gasteiger partial charge on any atom is -0.465 e. The number of nitrogens with one attached hydrogen (secondary N) is 1. The second-order valence-corrected chi connectivity index (χ2v) is 6.22. The van der Waals surface area contributed by atoms with Crippen LogP contribution in [0.1, 0.15) is 39.0 Å². The fourth-order valence-electron chi connectivity index (χ4n) is 3.16. The average Bonchev–Trinajstić information content (AvgIpc) is 3.03. The molecule has 0 spiro atoms. The van der Waals surface area contributed by atoms with Crippen LogP contribution < -0.4 is 5.32 Å². The lowest BCUT2D eigenvalue weighted by atomic mass is 10.0. The third kappa shape index (κ3) is 3.48. The van der Waals surface area contributed by atoms with Crippen LogP contribution in [-0.4, -0.2) is 19.0 Å². The van der Waals surface area contributed by atoms with Crippen molar-refractivity contribution in [1.82, 2.24) is 0 Å². The lowest BCUT2D eigenvalue weighted by molar-refractivity contribution is -0.115. The molecular weight excluding hydrogens is 302 g/mol. The summed E-state index contributed by atoms with van der Waals surface area (Å²) in [6.07, 6.45) is 3.71. The van der Waals surface area contributed by atoms with Gasteiger partial charge in [-0.3, -0.25) is 4.79 Å². The van der Waals surface area contributed by atoms with Crippen molar-refractivity contribution >= 4 is 17.6 Å². The first-order chi connectivity index (χ1) is 11.6. The highest BCUT2D eigenvalue weighted by atomic mass is 16.5. The summed E-state index contributed by atoms with van der Waals surface area (Å²) in [5.74, 6) is -0.589. The van der Waals surface area contributed by atoms with Crippen LogP contribution in [0.3, 0.4) is 0 Å². The third-order valence-corrected chi connectivity index (χ3v) is 4.38. The number of ether oxygens (including phenoxy) is 1. The van der Waals surface area contributed by atoms with Gasteiger partial charge >= 0.3 is 5.97 Å². The number of carbonyl (C=O) groups excluding carboxylic acids is 2. The lowest BCUT2D eigenvalue weighted by Crippen LogP contribution is -2.17. The summed E-state index contributed by atoms with van der Waals surface area (Å²) >= 11 is 0. The number of hydrogen-bond acceptors (Lipinski definition) is 3. The van der Waals surface area contributed by atoms with Crippen molar-refractivity contribution in [2.24, 2.45) is 0 Å². The molecule has 0 saturated carbocycles. The van der Waals surface area contributed by atoms with E-state index < -0.39 is 5.97 Å². The summed E-state index contributed by atoms with van der Waals surface area (Å²) in [4.78, 5) is 24.2. The van der Waals surface area contributed by atoms with Crippen molar-refractivity contribution in [3.05, 3.63) is 64.2 Å². The second-order valence-electron chi connectivity index (χ2n) is 6.22. The molecule has 0 aromatic heterocycles. The predicted octanol–water partition coefficient (Wildman–Crippen LogP) is 3.45. The lowest BCUT2D eigenvalue weighted by Gasteiger charge is -2.11. The number of benzene rings is 2. The summed E-state index contributed by atoms with van der Waals surface area (Å²) in [5.41, 5.74) is 5.54. The van der Waals surface area contributed by atoms with Crippen LogP contribution in [0.5, 0.6) is 0 Å². The molecule has 4 heteroatoms. The average molecular weight is 323 g/mol. The maximum absolute atomic E-state index is 12.4. The molecule has 0 atom stereocenters. The molecule has 2 aromatic carbocycles. The molecule has 0 bridgehead atoms. The zero-order valence-corrected chi connectivity index (χ0v) is 14.0. The zero-order valence-electron chi connectivity index (χ0n) is 14.0. The van der Waals surface area contributed by atoms with Gasteiger partial charge in [-0.2, -0.15) is 0 Å². The number of amides is 1. The van der Waals surface area contributed by atoms with Crippen LogP contribution in [-0.2, 0) is 28.8 Å². The minimum absolute atomic E-state index is 0.137. The molecule has 24 heavy (non-hydrogen) atoms. The largest absolute Gasteiger partial charge is 0.465 e. The molecule has 2 aromatic rings. The summed E-state index contributed by atoms with van der Waals surface area (Å²) in [7, 11) is 1.33. The van der Waals surface area contributed by atoms with Gasteiger partial charge in [-0.25, -0.2) is 4.79 Å². The maximum Gasteiger partial charge on any atom is 0.339 e. The highest BCUT2D eigenvalue weighted by molar-refractivity contribution is 6.01. The van der Waals surface area contributed by atoms with Gasteiger partial charge in [-0.1, -0.05) is 29.8 Å².